The molecule has 1 aromatic rings. The Balaban J connectivity index is 2.57. The highest BCUT2D eigenvalue weighted by Gasteiger charge is 2.27. The average molecular weight is 235 g/mol. The molecule has 0 amide bonds. The second-order valence-corrected chi connectivity index (χ2v) is 3.77. The standard InChI is InChI=1S/C10H16F3N3/c1-2-8(14)7-9-15-4-6-16(9)5-3-10(11,12)13/h4,6,8H,2-3,5,7,14H2,1H3. The van der Waals surface area contributed by atoms with Gasteiger partial charge in [-0.15, -0.1) is 0 Å². The molecule has 1 aromatic heterocycles. The fourth-order valence-electron chi connectivity index (χ4n) is 1.36. The number of hydrogen-bond donors (Lipinski definition) is 1. The molecular weight excluding hydrogens is 219 g/mol. The van der Waals surface area contributed by atoms with Crippen LogP contribution < -0.4 is 5.73 Å². The fraction of sp³-hybridized carbons (Fsp3) is 0.700. The number of imidazole rings is 1. The molecule has 1 heterocycles. The lowest BCUT2D eigenvalue weighted by atomic mass is 10.1. The molecule has 92 valence electrons. The van der Waals surface area contributed by atoms with Crippen LogP contribution in [0.3, 0.4) is 0 Å². The normalized spacial score (nSPS) is 14.1. The van der Waals surface area contributed by atoms with Crippen molar-refractivity contribution in [3.63, 3.8) is 0 Å². The van der Waals surface area contributed by atoms with Crippen LogP contribution in [0, 0.1) is 0 Å². The molecular formula is C10H16F3N3. The van der Waals surface area contributed by atoms with E-state index >= 15 is 0 Å². The quantitative estimate of drug-likeness (QED) is 0.849. The first-order valence-electron chi connectivity index (χ1n) is 5.24. The molecule has 0 aromatic carbocycles. The second kappa shape index (κ2) is 5.34. The topological polar surface area (TPSA) is 43.8 Å². The van der Waals surface area contributed by atoms with E-state index in [4.69, 9.17) is 5.73 Å². The van der Waals surface area contributed by atoms with Crippen LogP contribution in [-0.2, 0) is 13.0 Å². The average Bonchev–Trinajstić information content (AvgIpc) is 2.61. The van der Waals surface area contributed by atoms with Crippen LogP contribution in [0.25, 0.3) is 0 Å². The number of aryl methyl sites for hydroxylation is 1. The van der Waals surface area contributed by atoms with Gasteiger partial charge in [0.05, 0.1) is 6.42 Å². The van der Waals surface area contributed by atoms with Crippen molar-refractivity contribution in [1.82, 2.24) is 9.55 Å². The maximum Gasteiger partial charge on any atom is 0.390 e. The SMILES string of the molecule is CCC(N)Cc1nccn1CCC(F)(F)F. The Labute approximate surface area is 92.5 Å². The van der Waals surface area contributed by atoms with Crippen LogP contribution in [0.2, 0.25) is 0 Å². The number of hydrogen-bond acceptors (Lipinski definition) is 2. The Morgan fingerprint density at radius 3 is 2.75 bits per heavy atom. The van der Waals surface area contributed by atoms with Crippen molar-refractivity contribution < 1.29 is 13.2 Å². The minimum Gasteiger partial charge on any atom is -0.335 e. The summed E-state index contributed by atoms with van der Waals surface area (Å²) in [6.45, 7) is 1.85. The van der Waals surface area contributed by atoms with Gasteiger partial charge in [-0.3, -0.25) is 0 Å². The summed E-state index contributed by atoms with van der Waals surface area (Å²) >= 11 is 0. The lowest BCUT2D eigenvalue weighted by Gasteiger charge is -2.12. The summed E-state index contributed by atoms with van der Waals surface area (Å²) in [4.78, 5) is 4.02. The first-order chi connectivity index (χ1) is 7.42. The highest BCUT2D eigenvalue weighted by molar-refractivity contribution is 4.95. The Kier molecular flexibility index (Phi) is 4.35. The molecule has 0 spiro atoms. The molecule has 1 atom stereocenters. The van der Waals surface area contributed by atoms with E-state index in [0.29, 0.717) is 12.2 Å². The molecule has 3 nitrogen and oxygen atoms in total. The highest BCUT2D eigenvalue weighted by atomic mass is 19.4. The van der Waals surface area contributed by atoms with E-state index in [1.54, 1.807) is 6.20 Å². The van der Waals surface area contributed by atoms with Crippen LogP contribution in [0.5, 0.6) is 0 Å². The zero-order chi connectivity index (χ0) is 12.2. The molecule has 0 saturated carbocycles. The zero-order valence-corrected chi connectivity index (χ0v) is 9.17. The highest BCUT2D eigenvalue weighted by Crippen LogP contribution is 2.20. The van der Waals surface area contributed by atoms with Crippen LogP contribution in [0.1, 0.15) is 25.6 Å². The summed E-state index contributed by atoms with van der Waals surface area (Å²) in [5.74, 6) is 0.624. The monoisotopic (exact) mass is 235 g/mol. The van der Waals surface area contributed by atoms with Crippen LogP contribution >= 0.6 is 0 Å². The Hall–Kier alpha value is -1.04. The third-order valence-corrected chi connectivity index (χ3v) is 2.41. The van der Waals surface area contributed by atoms with Gasteiger partial charge in [0.25, 0.3) is 0 Å². The van der Waals surface area contributed by atoms with Crippen molar-refractivity contribution in [2.24, 2.45) is 5.73 Å². The summed E-state index contributed by atoms with van der Waals surface area (Å²) in [7, 11) is 0. The number of aromatic nitrogens is 2. The van der Waals surface area contributed by atoms with E-state index in [9.17, 15) is 13.2 Å². The number of alkyl halides is 3. The molecule has 0 aliphatic rings. The zero-order valence-electron chi connectivity index (χ0n) is 9.17. The molecule has 0 fully saturated rings. The van der Waals surface area contributed by atoms with E-state index in [2.05, 4.69) is 4.98 Å². The Bertz CT molecular complexity index is 319. The van der Waals surface area contributed by atoms with Crippen molar-refractivity contribution in [2.75, 3.05) is 0 Å². The summed E-state index contributed by atoms with van der Waals surface area (Å²) in [6.07, 6.45) is -0.600. The van der Waals surface area contributed by atoms with Crippen LogP contribution in [0.4, 0.5) is 13.2 Å². The lowest BCUT2D eigenvalue weighted by molar-refractivity contribution is -0.136. The predicted molar refractivity (Wildman–Crippen MR) is 54.9 cm³/mol. The smallest absolute Gasteiger partial charge is 0.335 e. The van der Waals surface area contributed by atoms with Gasteiger partial charge in [-0.1, -0.05) is 6.92 Å². The van der Waals surface area contributed by atoms with E-state index in [1.165, 1.54) is 10.8 Å². The summed E-state index contributed by atoms with van der Waals surface area (Å²) in [5, 5.41) is 0. The lowest BCUT2D eigenvalue weighted by Crippen LogP contribution is -2.24. The second-order valence-electron chi connectivity index (χ2n) is 3.77. The predicted octanol–water partition coefficient (Wildman–Crippen LogP) is 2.12. The third kappa shape index (κ3) is 4.22. The Morgan fingerprint density at radius 1 is 1.50 bits per heavy atom. The van der Waals surface area contributed by atoms with Gasteiger partial charge in [0, 0.05) is 31.4 Å². The molecule has 0 saturated heterocycles. The number of nitrogens with zero attached hydrogens (tertiary/aromatic N) is 2. The van der Waals surface area contributed by atoms with Gasteiger partial charge < -0.3 is 10.3 Å². The fourth-order valence-corrected chi connectivity index (χ4v) is 1.36. The van der Waals surface area contributed by atoms with Crippen molar-refractivity contribution >= 4 is 0 Å². The van der Waals surface area contributed by atoms with E-state index in [-0.39, 0.29) is 12.6 Å². The largest absolute Gasteiger partial charge is 0.390 e. The molecule has 2 N–H and O–H groups in total. The number of nitrogens with two attached hydrogens (primary N) is 1. The molecule has 0 bridgehead atoms. The van der Waals surface area contributed by atoms with Gasteiger partial charge in [0.15, 0.2) is 0 Å². The van der Waals surface area contributed by atoms with Gasteiger partial charge in [-0.25, -0.2) is 4.98 Å². The third-order valence-electron chi connectivity index (χ3n) is 2.41. The summed E-state index contributed by atoms with van der Waals surface area (Å²) in [5.41, 5.74) is 5.74. The maximum atomic E-state index is 12.0. The molecule has 0 aliphatic carbocycles. The van der Waals surface area contributed by atoms with Crippen molar-refractivity contribution in [1.29, 1.82) is 0 Å². The maximum absolute atomic E-state index is 12.0. The van der Waals surface area contributed by atoms with Gasteiger partial charge in [0.2, 0.25) is 0 Å². The van der Waals surface area contributed by atoms with Gasteiger partial charge in [0.1, 0.15) is 5.82 Å². The van der Waals surface area contributed by atoms with Gasteiger partial charge in [-0.05, 0) is 6.42 Å². The minimum absolute atomic E-state index is 0.0490. The number of halogens is 3. The minimum atomic E-state index is -4.13. The molecule has 1 rings (SSSR count). The summed E-state index contributed by atoms with van der Waals surface area (Å²) < 4.78 is 37.7. The van der Waals surface area contributed by atoms with Gasteiger partial charge >= 0.3 is 6.18 Å². The van der Waals surface area contributed by atoms with Crippen LogP contribution in [0.15, 0.2) is 12.4 Å². The Morgan fingerprint density at radius 2 is 2.19 bits per heavy atom. The molecule has 16 heavy (non-hydrogen) atoms. The molecule has 6 heteroatoms. The first kappa shape index (κ1) is 13.0. The molecule has 0 aliphatic heterocycles. The van der Waals surface area contributed by atoms with E-state index in [1.807, 2.05) is 6.92 Å². The molecule has 0 radical (unpaired) electrons. The van der Waals surface area contributed by atoms with E-state index in [0.717, 1.165) is 6.42 Å². The van der Waals surface area contributed by atoms with Crippen LogP contribution in [-0.4, -0.2) is 21.8 Å². The van der Waals surface area contributed by atoms with E-state index < -0.39 is 12.6 Å². The number of rotatable bonds is 5. The van der Waals surface area contributed by atoms with Crippen molar-refractivity contribution in [2.45, 2.75) is 44.9 Å². The molecule has 1 unspecified atom stereocenters. The van der Waals surface area contributed by atoms with Crippen molar-refractivity contribution in [3.8, 4) is 0 Å². The van der Waals surface area contributed by atoms with Crippen molar-refractivity contribution in [3.05, 3.63) is 18.2 Å². The van der Waals surface area contributed by atoms with Gasteiger partial charge in [-0.2, -0.15) is 13.2 Å². The summed E-state index contributed by atoms with van der Waals surface area (Å²) in [6, 6.07) is -0.0490. The first-order valence-corrected chi connectivity index (χ1v) is 5.24.